The summed E-state index contributed by atoms with van der Waals surface area (Å²) in [5, 5.41) is 23.8. The lowest BCUT2D eigenvalue weighted by molar-refractivity contribution is 0.324. The van der Waals surface area contributed by atoms with Crippen LogP contribution < -0.4 is 10.1 Å². The van der Waals surface area contributed by atoms with Crippen molar-refractivity contribution in [3.63, 3.8) is 0 Å². The Morgan fingerprint density at radius 1 is 1.03 bits per heavy atom. The summed E-state index contributed by atoms with van der Waals surface area (Å²) in [6.07, 6.45) is 6.27. The molecule has 2 heterocycles. The van der Waals surface area contributed by atoms with Gasteiger partial charge in [-0.25, -0.2) is 9.97 Å². The first-order valence-corrected chi connectivity index (χ1v) is 11.4. The van der Waals surface area contributed by atoms with E-state index in [1.807, 2.05) is 24.3 Å². The van der Waals surface area contributed by atoms with Crippen LogP contribution in [-0.2, 0) is 0 Å². The molecule has 1 aliphatic rings. The van der Waals surface area contributed by atoms with E-state index in [0.717, 1.165) is 40.7 Å². The Labute approximate surface area is 198 Å². The van der Waals surface area contributed by atoms with Crippen molar-refractivity contribution in [1.82, 2.24) is 14.5 Å². The van der Waals surface area contributed by atoms with Crippen molar-refractivity contribution in [2.45, 2.75) is 45.2 Å². The highest BCUT2D eigenvalue weighted by atomic mass is 16.5. The second kappa shape index (κ2) is 8.88. The second-order valence-corrected chi connectivity index (χ2v) is 8.77. The summed E-state index contributed by atoms with van der Waals surface area (Å²) in [5.41, 5.74) is 4.74. The molecule has 2 aromatic heterocycles. The molecular weight excluding hydrogens is 424 g/mol. The third kappa shape index (κ3) is 3.82. The average molecular weight is 449 g/mol. The first-order chi connectivity index (χ1) is 16.6. The van der Waals surface area contributed by atoms with Gasteiger partial charge >= 0.3 is 0 Å². The third-order valence-electron chi connectivity index (χ3n) is 6.13. The van der Waals surface area contributed by atoms with Crippen molar-refractivity contribution in [1.29, 1.82) is 10.5 Å². The van der Waals surface area contributed by atoms with Crippen molar-refractivity contribution in [3.05, 3.63) is 66.1 Å². The minimum atomic E-state index is 0.130. The number of nitriles is 2. The fraction of sp³-hybridized carbons (Fsp3) is 0.259. The van der Waals surface area contributed by atoms with Crippen molar-refractivity contribution in [2.75, 3.05) is 5.32 Å². The van der Waals surface area contributed by atoms with Gasteiger partial charge < -0.3 is 14.6 Å². The smallest absolute Gasteiger partial charge is 0.256 e. The third-order valence-corrected chi connectivity index (χ3v) is 6.13. The average Bonchev–Trinajstić information content (AvgIpc) is 3.12. The number of ether oxygens (including phenoxy) is 1. The number of aromatic nitrogens is 3. The minimum absolute atomic E-state index is 0.130. The van der Waals surface area contributed by atoms with Crippen LogP contribution >= 0.6 is 0 Å². The Balaban J connectivity index is 1.64. The van der Waals surface area contributed by atoms with E-state index in [0.29, 0.717) is 23.4 Å². The fourth-order valence-electron chi connectivity index (χ4n) is 4.42. The lowest BCUT2D eigenvalue weighted by atomic mass is 9.92. The number of rotatable bonds is 6. The van der Waals surface area contributed by atoms with Crippen LogP contribution in [0.5, 0.6) is 11.6 Å². The summed E-state index contributed by atoms with van der Waals surface area (Å²) in [7, 11) is 0. The van der Waals surface area contributed by atoms with Crippen LogP contribution in [0.2, 0.25) is 0 Å². The largest absolute Gasteiger partial charge is 0.436 e. The van der Waals surface area contributed by atoms with Gasteiger partial charge in [-0.15, -0.1) is 0 Å². The highest BCUT2D eigenvalue weighted by Crippen LogP contribution is 2.43. The number of nitrogens with one attached hydrogen (secondary N) is 1. The topological polar surface area (TPSA) is 99.6 Å². The molecule has 1 aliphatic carbocycles. The molecule has 1 N–H and O–H groups in total. The Hall–Kier alpha value is -4.36. The van der Waals surface area contributed by atoms with E-state index in [1.54, 1.807) is 0 Å². The fourth-order valence-corrected chi connectivity index (χ4v) is 4.42. The van der Waals surface area contributed by atoms with E-state index in [9.17, 15) is 10.5 Å². The number of fused-ring (bicyclic) bond motifs is 1. The second-order valence-electron chi connectivity index (χ2n) is 8.77. The molecular formula is C27H24N6O. The van der Waals surface area contributed by atoms with Crippen molar-refractivity contribution < 1.29 is 4.74 Å². The number of benzene rings is 2. The minimum Gasteiger partial charge on any atom is -0.436 e. The van der Waals surface area contributed by atoms with Crippen molar-refractivity contribution in [2.24, 2.45) is 0 Å². The SMILES string of the molecule is CC(C)Nc1ccc(-c2c(C#N)c3ccc(Oc4nccnc4C#N)cc3n2C2CCC2)cc1. The first-order valence-electron chi connectivity index (χ1n) is 11.4. The van der Waals surface area contributed by atoms with Crippen LogP contribution in [0.3, 0.4) is 0 Å². The first kappa shape index (κ1) is 21.5. The van der Waals surface area contributed by atoms with Crippen LogP contribution in [0.15, 0.2) is 54.9 Å². The molecule has 0 saturated heterocycles. The maximum atomic E-state index is 10.1. The van der Waals surface area contributed by atoms with Gasteiger partial charge in [-0.2, -0.15) is 10.5 Å². The monoisotopic (exact) mass is 448 g/mol. The molecule has 168 valence electrons. The summed E-state index contributed by atoms with van der Waals surface area (Å²) in [6.45, 7) is 4.22. The molecule has 0 radical (unpaired) electrons. The van der Waals surface area contributed by atoms with Gasteiger partial charge in [0.15, 0.2) is 0 Å². The van der Waals surface area contributed by atoms with Gasteiger partial charge in [0.2, 0.25) is 5.69 Å². The number of hydrogen-bond acceptors (Lipinski definition) is 6. The van der Waals surface area contributed by atoms with Gasteiger partial charge in [0.1, 0.15) is 17.9 Å². The Bertz CT molecular complexity index is 1440. The molecule has 1 fully saturated rings. The zero-order valence-electron chi connectivity index (χ0n) is 19.1. The van der Waals surface area contributed by atoms with E-state index < -0.39 is 0 Å². The van der Waals surface area contributed by atoms with Gasteiger partial charge in [0.05, 0.1) is 16.8 Å². The van der Waals surface area contributed by atoms with Gasteiger partial charge in [-0.05, 0) is 62.9 Å². The molecule has 34 heavy (non-hydrogen) atoms. The van der Waals surface area contributed by atoms with E-state index in [1.165, 1.54) is 18.8 Å². The van der Waals surface area contributed by atoms with Crippen LogP contribution in [0.1, 0.15) is 50.4 Å². The quantitative estimate of drug-likeness (QED) is 0.378. The predicted octanol–water partition coefficient (Wildman–Crippen LogP) is 6.18. The summed E-state index contributed by atoms with van der Waals surface area (Å²) in [6, 6.07) is 19.1. The van der Waals surface area contributed by atoms with Crippen LogP contribution in [0.25, 0.3) is 22.2 Å². The Kier molecular flexibility index (Phi) is 5.61. The molecule has 0 bridgehead atoms. The van der Waals surface area contributed by atoms with Crippen molar-refractivity contribution >= 4 is 16.6 Å². The van der Waals surface area contributed by atoms with Gasteiger partial charge in [-0.3, -0.25) is 0 Å². The zero-order valence-corrected chi connectivity index (χ0v) is 19.1. The van der Waals surface area contributed by atoms with Gasteiger partial charge in [0.25, 0.3) is 5.88 Å². The normalized spacial score (nSPS) is 13.3. The van der Waals surface area contributed by atoms with Crippen LogP contribution in [-0.4, -0.2) is 20.6 Å². The maximum Gasteiger partial charge on any atom is 0.256 e. The summed E-state index contributed by atoms with van der Waals surface area (Å²) >= 11 is 0. The predicted molar refractivity (Wildman–Crippen MR) is 131 cm³/mol. The number of hydrogen-bond donors (Lipinski definition) is 1. The number of nitrogens with zero attached hydrogens (tertiary/aromatic N) is 5. The lowest BCUT2D eigenvalue weighted by Crippen LogP contribution is -2.17. The Morgan fingerprint density at radius 2 is 1.79 bits per heavy atom. The molecule has 0 spiro atoms. The van der Waals surface area contributed by atoms with Gasteiger partial charge in [-0.1, -0.05) is 12.1 Å². The Morgan fingerprint density at radius 3 is 2.44 bits per heavy atom. The standard InChI is InChI=1S/C27H24N6O/c1-17(2)32-19-8-6-18(7-9-19)26-23(15-28)22-11-10-21(14-25(22)33(26)20-4-3-5-20)34-27-24(16-29)30-12-13-31-27/h6-14,17,20,32H,3-5H2,1-2H3. The van der Waals surface area contributed by atoms with Crippen LogP contribution in [0, 0.1) is 22.7 Å². The van der Waals surface area contributed by atoms with E-state index in [-0.39, 0.29) is 11.6 Å². The summed E-state index contributed by atoms with van der Waals surface area (Å²) < 4.78 is 8.22. The highest BCUT2D eigenvalue weighted by molar-refractivity contribution is 5.95. The maximum absolute atomic E-state index is 10.1. The molecule has 0 amide bonds. The molecule has 1 saturated carbocycles. The van der Waals surface area contributed by atoms with E-state index in [4.69, 9.17) is 4.74 Å². The molecule has 7 nitrogen and oxygen atoms in total. The molecule has 0 aliphatic heterocycles. The molecule has 5 rings (SSSR count). The molecule has 7 heteroatoms. The number of anilines is 1. The summed E-state index contributed by atoms with van der Waals surface area (Å²) in [4.78, 5) is 8.17. The van der Waals surface area contributed by atoms with Gasteiger partial charge in [0, 0.05) is 41.6 Å². The molecule has 2 aromatic carbocycles. The molecule has 0 atom stereocenters. The van der Waals surface area contributed by atoms with E-state index >= 15 is 0 Å². The molecule has 0 unspecified atom stereocenters. The molecule has 4 aromatic rings. The van der Waals surface area contributed by atoms with E-state index in [2.05, 4.69) is 64.0 Å². The summed E-state index contributed by atoms with van der Waals surface area (Å²) in [5.74, 6) is 0.718. The highest BCUT2D eigenvalue weighted by Gasteiger charge is 2.28. The van der Waals surface area contributed by atoms with Crippen LogP contribution in [0.4, 0.5) is 5.69 Å². The lowest BCUT2D eigenvalue weighted by Gasteiger charge is -2.30. The van der Waals surface area contributed by atoms with Crippen molar-refractivity contribution in [3.8, 4) is 35.0 Å². The zero-order chi connectivity index (χ0) is 23.7.